The topological polar surface area (TPSA) is 119 Å². The molecule has 0 aliphatic rings. The van der Waals surface area contributed by atoms with Gasteiger partial charge in [0.15, 0.2) is 0 Å². The number of primary amides is 1. The Balaban J connectivity index is 1.75. The number of nitrogens with zero attached hydrogens (tertiary/aromatic N) is 2. The van der Waals surface area contributed by atoms with Crippen molar-refractivity contribution < 1.29 is 14.3 Å². The summed E-state index contributed by atoms with van der Waals surface area (Å²) in [7, 11) is 0. The molecule has 0 spiro atoms. The fraction of sp³-hybridized carbons (Fsp3) is 0. The minimum Gasteiger partial charge on any atom is -0.437 e. The summed E-state index contributed by atoms with van der Waals surface area (Å²) in [4.78, 5) is 31.4. The molecule has 0 aliphatic heterocycles. The predicted octanol–water partition coefficient (Wildman–Crippen LogP) is 3.01. The molecule has 0 aliphatic carbocycles. The van der Waals surface area contributed by atoms with E-state index in [4.69, 9.17) is 10.5 Å². The Labute approximate surface area is 149 Å². The van der Waals surface area contributed by atoms with Crippen LogP contribution in [0, 0.1) is 0 Å². The number of benzene rings is 1. The minimum atomic E-state index is -0.658. The van der Waals surface area contributed by atoms with Crippen molar-refractivity contribution in [2.45, 2.75) is 0 Å². The van der Waals surface area contributed by atoms with Gasteiger partial charge in [0.2, 0.25) is 5.88 Å². The molecule has 0 fully saturated rings. The van der Waals surface area contributed by atoms with Crippen molar-refractivity contribution in [3.05, 3.63) is 72.7 Å². The number of urea groups is 1. The lowest BCUT2D eigenvalue weighted by molar-refractivity contribution is 0.102. The van der Waals surface area contributed by atoms with Gasteiger partial charge in [-0.15, -0.1) is 0 Å². The van der Waals surface area contributed by atoms with E-state index in [1.54, 1.807) is 54.7 Å². The highest BCUT2D eigenvalue weighted by Gasteiger charge is 2.14. The number of pyridine rings is 2. The SMILES string of the molecule is NC(=O)Nc1ccc(NC(=O)c2cccnc2Oc2cccnc2)cc1. The number of ether oxygens (including phenoxy) is 1. The Hall–Kier alpha value is -3.94. The lowest BCUT2D eigenvalue weighted by Crippen LogP contribution is -2.19. The summed E-state index contributed by atoms with van der Waals surface area (Å²) in [6.45, 7) is 0. The number of rotatable bonds is 5. The molecule has 3 rings (SSSR count). The van der Waals surface area contributed by atoms with Crippen LogP contribution in [0.2, 0.25) is 0 Å². The Morgan fingerprint density at radius 2 is 1.62 bits per heavy atom. The molecule has 8 nitrogen and oxygen atoms in total. The normalized spacial score (nSPS) is 10.0. The van der Waals surface area contributed by atoms with E-state index in [9.17, 15) is 9.59 Å². The molecule has 3 aromatic rings. The number of hydrogen-bond acceptors (Lipinski definition) is 5. The van der Waals surface area contributed by atoms with E-state index in [1.165, 1.54) is 12.4 Å². The van der Waals surface area contributed by atoms with Gasteiger partial charge in [0, 0.05) is 23.8 Å². The van der Waals surface area contributed by atoms with Crippen LogP contribution in [0.4, 0.5) is 16.2 Å². The zero-order valence-corrected chi connectivity index (χ0v) is 13.5. The molecule has 130 valence electrons. The summed E-state index contributed by atoms with van der Waals surface area (Å²) in [6.07, 6.45) is 4.68. The lowest BCUT2D eigenvalue weighted by atomic mass is 10.2. The molecular weight excluding hydrogens is 334 g/mol. The molecule has 26 heavy (non-hydrogen) atoms. The second kappa shape index (κ2) is 7.75. The molecular formula is C18H15N5O3. The highest BCUT2D eigenvalue weighted by Crippen LogP contribution is 2.23. The molecule has 0 atom stereocenters. The van der Waals surface area contributed by atoms with Gasteiger partial charge in [-0.3, -0.25) is 9.78 Å². The molecule has 0 unspecified atom stereocenters. The van der Waals surface area contributed by atoms with Gasteiger partial charge < -0.3 is 21.1 Å². The maximum absolute atomic E-state index is 12.6. The van der Waals surface area contributed by atoms with E-state index >= 15 is 0 Å². The van der Waals surface area contributed by atoms with E-state index < -0.39 is 6.03 Å². The number of anilines is 2. The van der Waals surface area contributed by atoms with Crippen LogP contribution in [0.5, 0.6) is 11.6 Å². The monoisotopic (exact) mass is 349 g/mol. The molecule has 2 aromatic heterocycles. The first-order chi connectivity index (χ1) is 12.6. The van der Waals surface area contributed by atoms with Gasteiger partial charge in [0.25, 0.3) is 5.91 Å². The number of nitrogens with one attached hydrogen (secondary N) is 2. The van der Waals surface area contributed by atoms with Crippen molar-refractivity contribution in [2.24, 2.45) is 5.73 Å². The highest BCUT2D eigenvalue weighted by atomic mass is 16.5. The zero-order valence-electron chi connectivity index (χ0n) is 13.5. The van der Waals surface area contributed by atoms with Crippen molar-refractivity contribution in [3.63, 3.8) is 0 Å². The summed E-state index contributed by atoms with van der Waals surface area (Å²) in [5.74, 6) is 0.264. The van der Waals surface area contributed by atoms with Crippen molar-refractivity contribution in [2.75, 3.05) is 10.6 Å². The smallest absolute Gasteiger partial charge is 0.316 e. The first-order valence-corrected chi connectivity index (χ1v) is 7.62. The molecule has 2 heterocycles. The maximum atomic E-state index is 12.6. The highest BCUT2D eigenvalue weighted by molar-refractivity contribution is 6.06. The number of nitrogens with two attached hydrogens (primary N) is 1. The predicted molar refractivity (Wildman–Crippen MR) is 96.1 cm³/mol. The number of hydrogen-bond donors (Lipinski definition) is 3. The Bertz CT molecular complexity index is 914. The summed E-state index contributed by atoms with van der Waals surface area (Å²) in [5.41, 5.74) is 6.40. The summed E-state index contributed by atoms with van der Waals surface area (Å²) >= 11 is 0. The fourth-order valence-corrected chi connectivity index (χ4v) is 2.14. The third kappa shape index (κ3) is 4.32. The second-order valence-electron chi connectivity index (χ2n) is 5.17. The number of carbonyl (C=O) groups is 2. The summed E-state index contributed by atoms with van der Waals surface area (Å²) < 4.78 is 5.64. The fourth-order valence-electron chi connectivity index (χ4n) is 2.14. The Morgan fingerprint density at radius 3 is 2.27 bits per heavy atom. The van der Waals surface area contributed by atoms with Crippen molar-refractivity contribution >= 4 is 23.3 Å². The second-order valence-corrected chi connectivity index (χ2v) is 5.17. The van der Waals surface area contributed by atoms with E-state index in [2.05, 4.69) is 20.6 Å². The average Bonchev–Trinajstić information content (AvgIpc) is 2.64. The molecule has 4 N–H and O–H groups in total. The lowest BCUT2D eigenvalue weighted by Gasteiger charge is -2.10. The first-order valence-electron chi connectivity index (χ1n) is 7.62. The van der Waals surface area contributed by atoms with Gasteiger partial charge >= 0.3 is 6.03 Å². The van der Waals surface area contributed by atoms with Crippen LogP contribution in [-0.4, -0.2) is 21.9 Å². The third-order valence-electron chi connectivity index (χ3n) is 3.28. The van der Waals surface area contributed by atoms with Gasteiger partial charge in [-0.1, -0.05) is 0 Å². The molecule has 0 radical (unpaired) electrons. The first kappa shape index (κ1) is 16.9. The van der Waals surface area contributed by atoms with E-state index in [-0.39, 0.29) is 17.4 Å². The maximum Gasteiger partial charge on any atom is 0.316 e. The van der Waals surface area contributed by atoms with Crippen LogP contribution < -0.4 is 21.1 Å². The largest absolute Gasteiger partial charge is 0.437 e. The summed E-state index contributed by atoms with van der Waals surface area (Å²) in [5, 5.41) is 5.19. The van der Waals surface area contributed by atoms with Crippen LogP contribution in [-0.2, 0) is 0 Å². The van der Waals surface area contributed by atoms with Gasteiger partial charge in [0.05, 0.1) is 6.20 Å². The van der Waals surface area contributed by atoms with Crippen molar-refractivity contribution in [3.8, 4) is 11.6 Å². The minimum absolute atomic E-state index is 0.171. The van der Waals surface area contributed by atoms with Crippen molar-refractivity contribution in [1.82, 2.24) is 9.97 Å². The zero-order chi connectivity index (χ0) is 18.4. The molecule has 0 saturated carbocycles. The molecule has 3 amide bonds. The third-order valence-corrected chi connectivity index (χ3v) is 3.28. The van der Waals surface area contributed by atoms with Crippen LogP contribution >= 0.6 is 0 Å². The van der Waals surface area contributed by atoms with E-state index in [0.717, 1.165) is 0 Å². The van der Waals surface area contributed by atoms with E-state index in [1.807, 2.05) is 0 Å². The van der Waals surface area contributed by atoms with Crippen LogP contribution in [0.1, 0.15) is 10.4 Å². The molecule has 1 aromatic carbocycles. The van der Waals surface area contributed by atoms with Gasteiger partial charge in [-0.05, 0) is 48.5 Å². The van der Waals surface area contributed by atoms with E-state index in [0.29, 0.717) is 17.1 Å². The number of aromatic nitrogens is 2. The number of carbonyl (C=O) groups excluding carboxylic acids is 2. The van der Waals surface area contributed by atoms with Gasteiger partial charge in [0.1, 0.15) is 11.3 Å². The quantitative estimate of drug-likeness (QED) is 0.654. The van der Waals surface area contributed by atoms with Crippen LogP contribution in [0.25, 0.3) is 0 Å². The Morgan fingerprint density at radius 1 is 0.923 bits per heavy atom. The summed E-state index contributed by atoms with van der Waals surface area (Å²) in [6, 6.07) is 12.6. The molecule has 8 heteroatoms. The molecule has 0 saturated heterocycles. The van der Waals surface area contributed by atoms with Gasteiger partial charge in [-0.25, -0.2) is 9.78 Å². The van der Waals surface area contributed by atoms with Crippen LogP contribution in [0.3, 0.4) is 0 Å². The van der Waals surface area contributed by atoms with Crippen LogP contribution in [0.15, 0.2) is 67.1 Å². The van der Waals surface area contributed by atoms with Gasteiger partial charge in [-0.2, -0.15) is 0 Å². The molecule has 0 bridgehead atoms. The average molecular weight is 349 g/mol. The van der Waals surface area contributed by atoms with Crippen molar-refractivity contribution in [1.29, 1.82) is 0 Å². The Kier molecular flexibility index (Phi) is 5.04. The number of amides is 3. The standard InChI is InChI=1S/C18H15N5O3/c19-18(25)23-13-7-5-12(6-8-13)22-16(24)15-4-2-10-21-17(15)26-14-3-1-9-20-11-14/h1-11H,(H,22,24)(H3,19,23,25).